The largest absolute Gasteiger partial charge is 0.316 e. The van der Waals surface area contributed by atoms with E-state index in [4.69, 9.17) is 0 Å². The Morgan fingerprint density at radius 1 is 1.29 bits per heavy atom. The summed E-state index contributed by atoms with van der Waals surface area (Å²) in [5, 5.41) is 3.61. The summed E-state index contributed by atoms with van der Waals surface area (Å²) in [5.41, 5.74) is 0.810. The zero-order valence-electron chi connectivity index (χ0n) is 12.6. The van der Waals surface area contributed by atoms with Gasteiger partial charge in [-0.3, -0.25) is 0 Å². The molecule has 0 radical (unpaired) electrons. The van der Waals surface area contributed by atoms with Gasteiger partial charge in [0.1, 0.15) is 0 Å². The quantitative estimate of drug-likeness (QED) is 0.807. The summed E-state index contributed by atoms with van der Waals surface area (Å²) in [5.74, 6) is 1.09. The van der Waals surface area contributed by atoms with Crippen molar-refractivity contribution in [2.75, 3.05) is 12.8 Å². The van der Waals surface area contributed by atoms with E-state index in [0.29, 0.717) is 16.7 Å². The molecule has 2 unspecified atom stereocenters. The average molecular weight is 329 g/mol. The Morgan fingerprint density at radius 3 is 2.76 bits per heavy atom. The fraction of sp³-hybridized carbons (Fsp3) is 0.600. The highest BCUT2D eigenvalue weighted by Crippen LogP contribution is 2.30. The van der Waals surface area contributed by atoms with Crippen molar-refractivity contribution in [2.24, 2.45) is 0 Å². The molecular weight excluding hydrogens is 304 g/mol. The molecule has 2 N–H and O–H groups in total. The second-order valence-corrected chi connectivity index (χ2v) is 8.61. The number of hydrogen-bond acceptors (Lipinski definition) is 4. The third-order valence-electron chi connectivity index (χ3n) is 3.74. The summed E-state index contributed by atoms with van der Waals surface area (Å²) < 4.78 is 28.1. The van der Waals surface area contributed by atoms with Gasteiger partial charge in [0.2, 0.25) is 10.0 Å². The number of nitrogens with one attached hydrogen (secondary N) is 2. The lowest BCUT2D eigenvalue weighted by Gasteiger charge is -2.16. The minimum atomic E-state index is -3.43. The molecule has 0 saturated heterocycles. The normalized spacial score (nSPS) is 22.6. The average Bonchev–Trinajstić information content (AvgIpc) is 2.86. The van der Waals surface area contributed by atoms with Crippen LogP contribution in [-0.2, 0) is 16.6 Å². The van der Waals surface area contributed by atoms with Gasteiger partial charge in [-0.25, -0.2) is 13.1 Å². The maximum absolute atomic E-state index is 12.6. The van der Waals surface area contributed by atoms with Crippen LogP contribution in [-0.4, -0.2) is 32.5 Å². The monoisotopic (exact) mass is 328 g/mol. The highest BCUT2D eigenvalue weighted by molar-refractivity contribution is 7.99. The van der Waals surface area contributed by atoms with E-state index in [1.54, 1.807) is 12.1 Å². The van der Waals surface area contributed by atoms with Gasteiger partial charge < -0.3 is 5.32 Å². The third-order valence-corrected chi connectivity index (χ3v) is 6.59. The minimum absolute atomic E-state index is 0.0710. The van der Waals surface area contributed by atoms with E-state index >= 15 is 0 Å². The molecule has 0 aliphatic heterocycles. The number of rotatable bonds is 7. The molecule has 2 rings (SSSR count). The summed E-state index contributed by atoms with van der Waals surface area (Å²) in [6, 6.07) is 7.26. The summed E-state index contributed by atoms with van der Waals surface area (Å²) in [4.78, 5) is 0.394. The Labute approximate surface area is 132 Å². The van der Waals surface area contributed by atoms with Crippen LogP contribution in [0.25, 0.3) is 0 Å². The molecule has 0 bridgehead atoms. The molecule has 0 aromatic heterocycles. The van der Waals surface area contributed by atoms with Crippen molar-refractivity contribution >= 4 is 21.8 Å². The van der Waals surface area contributed by atoms with E-state index < -0.39 is 10.0 Å². The second kappa shape index (κ2) is 7.63. The maximum atomic E-state index is 12.6. The van der Waals surface area contributed by atoms with Gasteiger partial charge in [0.15, 0.2) is 0 Å². The number of sulfonamides is 1. The first-order valence-electron chi connectivity index (χ1n) is 7.43. The highest BCUT2D eigenvalue weighted by atomic mass is 32.2. The van der Waals surface area contributed by atoms with Gasteiger partial charge in [0, 0.05) is 17.8 Å². The van der Waals surface area contributed by atoms with E-state index in [9.17, 15) is 8.42 Å². The van der Waals surface area contributed by atoms with Crippen molar-refractivity contribution in [3.8, 4) is 0 Å². The first kappa shape index (κ1) is 16.8. The lowest BCUT2D eigenvalue weighted by Crippen LogP contribution is -2.34. The molecule has 1 saturated carbocycles. The van der Waals surface area contributed by atoms with Crippen molar-refractivity contribution in [3.63, 3.8) is 0 Å². The standard InChI is InChI=1S/C15H24N2O2S2/c1-3-20-14-9-8-13(10-14)17-21(18,19)15-7-5-4-6-12(15)11-16-2/h4-7,13-14,16-17H,3,8-11H2,1-2H3. The van der Waals surface area contributed by atoms with E-state index in [0.717, 1.165) is 30.6 Å². The Balaban J connectivity index is 2.09. The van der Waals surface area contributed by atoms with Crippen LogP contribution in [0.1, 0.15) is 31.7 Å². The van der Waals surface area contributed by atoms with Gasteiger partial charge >= 0.3 is 0 Å². The molecule has 2 atom stereocenters. The van der Waals surface area contributed by atoms with Gasteiger partial charge in [-0.05, 0) is 43.7 Å². The summed E-state index contributed by atoms with van der Waals surface area (Å²) in [7, 11) is -1.61. The lowest BCUT2D eigenvalue weighted by atomic mass is 10.2. The predicted molar refractivity (Wildman–Crippen MR) is 89.1 cm³/mol. The zero-order chi connectivity index (χ0) is 15.3. The van der Waals surface area contributed by atoms with Crippen LogP contribution in [0.3, 0.4) is 0 Å². The van der Waals surface area contributed by atoms with E-state index in [2.05, 4.69) is 17.0 Å². The van der Waals surface area contributed by atoms with Crippen molar-refractivity contribution in [3.05, 3.63) is 29.8 Å². The Hall–Kier alpha value is -0.560. The van der Waals surface area contributed by atoms with Crippen molar-refractivity contribution in [1.82, 2.24) is 10.0 Å². The Kier molecular flexibility index (Phi) is 6.10. The molecule has 0 heterocycles. The summed E-state index contributed by atoms with van der Waals surface area (Å²) in [6.45, 7) is 2.70. The topological polar surface area (TPSA) is 58.2 Å². The van der Waals surface area contributed by atoms with Crippen LogP contribution in [0.4, 0.5) is 0 Å². The highest BCUT2D eigenvalue weighted by Gasteiger charge is 2.29. The second-order valence-electron chi connectivity index (χ2n) is 5.35. The third kappa shape index (κ3) is 4.45. The van der Waals surface area contributed by atoms with E-state index in [1.165, 1.54) is 0 Å². The van der Waals surface area contributed by atoms with Crippen molar-refractivity contribution in [1.29, 1.82) is 0 Å². The molecule has 1 fully saturated rings. The van der Waals surface area contributed by atoms with Crippen LogP contribution in [0.15, 0.2) is 29.2 Å². The van der Waals surface area contributed by atoms with Crippen LogP contribution in [0, 0.1) is 0 Å². The molecule has 1 aliphatic rings. The molecule has 1 aliphatic carbocycles. The van der Waals surface area contributed by atoms with E-state index in [1.807, 2.05) is 30.9 Å². The van der Waals surface area contributed by atoms with Crippen LogP contribution < -0.4 is 10.0 Å². The first-order valence-corrected chi connectivity index (χ1v) is 9.96. The van der Waals surface area contributed by atoms with Crippen molar-refractivity contribution in [2.45, 2.75) is 48.9 Å². The smallest absolute Gasteiger partial charge is 0.241 e. The molecule has 1 aromatic carbocycles. The Morgan fingerprint density at radius 2 is 2.05 bits per heavy atom. The fourth-order valence-electron chi connectivity index (χ4n) is 2.82. The number of hydrogen-bond donors (Lipinski definition) is 2. The van der Waals surface area contributed by atoms with Crippen molar-refractivity contribution < 1.29 is 8.42 Å². The molecule has 4 nitrogen and oxygen atoms in total. The van der Waals surface area contributed by atoms with Crippen LogP contribution in [0.5, 0.6) is 0 Å². The minimum Gasteiger partial charge on any atom is -0.316 e. The SMILES string of the molecule is CCSC1CCC(NS(=O)(=O)c2ccccc2CNC)C1. The molecule has 0 amide bonds. The summed E-state index contributed by atoms with van der Waals surface area (Å²) in [6.07, 6.45) is 2.97. The molecule has 0 spiro atoms. The zero-order valence-corrected chi connectivity index (χ0v) is 14.3. The van der Waals surface area contributed by atoms with Gasteiger partial charge in [-0.1, -0.05) is 25.1 Å². The van der Waals surface area contributed by atoms with Crippen LogP contribution in [0.2, 0.25) is 0 Å². The van der Waals surface area contributed by atoms with Gasteiger partial charge in [-0.2, -0.15) is 11.8 Å². The molecule has 1 aromatic rings. The lowest BCUT2D eigenvalue weighted by molar-refractivity contribution is 0.551. The van der Waals surface area contributed by atoms with Gasteiger partial charge in [-0.15, -0.1) is 0 Å². The first-order chi connectivity index (χ1) is 10.1. The maximum Gasteiger partial charge on any atom is 0.241 e. The molecule has 6 heteroatoms. The fourth-order valence-corrected chi connectivity index (χ4v) is 5.49. The number of thioether (sulfide) groups is 1. The van der Waals surface area contributed by atoms with Gasteiger partial charge in [0.05, 0.1) is 4.90 Å². The van der Waals surface area contributed by atoms with Gasteiger partial charge in [0.25, 0.3) is 0 Å². The molecule has 118 valence electrons. The predicted octanol–water partition coefficient (Wildman–Crippen LogP) is 2.36. The molecular formula is C15H24N2O2S2. The molecule has 21 heavy (non-hydrogen) atoms. The number of benzene rings is 1. The Bertz CT molecular complexity index is 561. The van der Waals surface area contributed by atoms with E-state index in [-0.39, 0.29) is 6.04 Å². The summed E-state index contributed by atoms with van der Waals surface area (Å²) >= 11 is 1.93. The van der Waals surface area contributed by atoms with Crippen LogP contribution >= 0.6 is 11.8 Å².